The molecule has 0 radical (unpaired) electrons. The van der Waals surface area contributed by atoms with Gasteiger partial charge < -0.3 is 0 Å². The fraction of sp³-hybridized carbons (Fsp3) is 1.00. The molecule has 0 saturated carbocycles. The Balaban J connectivity index is 0. The van der Waals surface area contributed by atoms with E-state index >= 15 is 0 Å². The molecule has 0 unspecified atom stereocenters. The van der Waals surface area contributed by atoms with E-state index in [0.29, 0.717) is 0 Å². The molecule has 0 bridgehead atoms. The summed E-state index contributed by atoms with van der Waals surface area (Å²) in [6, 6.07) is 0. The van der Waals surface area contributed by atoms with Gasteiger partial charge in [0.1, 0.15) is 0 Å². The predicted octanol–water partition coefficient (Wildman–Crippen LogP) is 3.43. The van der Waals surface area contributed by atoms with Crippen molar-refractivity contribution in [3.8, 4) is 0 Å². The van der Waals surface area contributed by atoms with E-state index in [1.54, 1.807) is 0 Å². The molecule has 0 aliphatic heterocycles. The van der Waals surface area contributed by atoms with Gasteiger partial charge in [0, 0.05) is 11.2 Å². The second-order valence-electron chi connectivity index (χ2n) is 1.31. The molecule has 0 aliphatic rings. The van der Waals surface area contributed by atoms with E-state index in [0.717, 1.165) is 11.2 Å². The van der Waals surface area contributed by atoms with Gasteiger partial charge in [0.2, 0.25) is 0 Å². The topological polar surface area (TPSA) is 0 Å². The van der Waals surface area contributed by atoms with Gasteiger partial charge in [-0.15, -0.1) is 11.6 Å². The van der Waals surface area contributed by atoms with Gasteiger partial charge >= 0.3 is 0 Å². The lowest BCUT2D eigenvalue weighted by atomic mass is 10.4. The number of unbranched alkanes of at least 4 members (excludes halogenated alkanes) is 1. The van der Waals surface area contributed by atoms with Gasteiger partial charge in [-0.05, 0) is 6.42 Å². The molecule has 0 atom stereocenters. The molecule has 0 aromatic carbocycles. The first kappa shape index (κ1) is 11.6. The van der Waals surface area contributed by atoms with Gasteiger partial charge in [0.25, 0.3) is 0 Å². The maximum absolute atomic E-state index is 5.00. The molecule has 2 heteroatoms. The smallest absolute Gasteiger partial charge is 0.0195 e. The molecule has 0 fully saturated rings. The molecular weight excluding hydrogens is 187 g/mol. The van der Waals surface area contributed by atoms with Crippen LogP contribution in [-0.2, 0) is 0 Å². The molecule has 0 aliphatic carbocycles. The van der Waals surface area contributed by atoms with Gasteiger partial charge in [-0.1, -0.05) is 36.2 Å². The Kier molecular flexibility index (Phi) is 22.6. The minimum atomic E-state index is 0.722. The normalized spacial score (nSPS) is 7.50. The van der Waals surface area contributed by atoms with Crippen molar-refractivity contribution in [2.75, 3.05) is 11.2 Å². The third-order valence-electron chi connectivity index (χ3n) is 0.487. The van der Waals surface area contributed by atoms with E-state index in [-0.39, 0.29) is 0 Å². The van der Waals surface area contributed by atoms with E-state index in [9.17, 15) is 0 Å². The Hall–Kier alpha value is 0.770. The molecule has 0 rings (SSSR count). The van der Waals surface area contributed by atoms with Crippen LogP contribution in [0.4, 0.5) is 0 Å². The highest BCUT2D eigenvalue weighted by Gasteiger charge is 1.69. The van der Waals surface area contributed by atoms with Crippen molar-refractivity contribution in [1.29, 1.82) is 0 Å². The Morgan fingerprint density at radius 1 is 1.38 bits per heavy atom. The SMILES string of the molecule is CCCCBr.CCCl. The maximum atomic E-state index is 5.00. The summed E-state index contributed by atoms with van der Waals surface area (Å²) in [7, 11) is 0. The maximum Gasteiger partial charge on any atom is 0.0195 e. The first-order valence-corrected chi connectivity index (χ1v) is 4.60. The average Bonchev–Trinajstić information content (AvgIpc) is 1.71. The molecule has 0 saturated heterocycles. The number of alkyl halides is 2. The minimum absolute atomic E-state index is 0.722. The molecule has 0 spiro atoms. The van der Waals surface area contributed by atoms with Gasteiger partial charge in [0.05, 0.1) is 0 Å². The lowest BCUT2D eigenvalue weighted by Crippen LogP contribution is -1.64. The first-order valence-electron chi connectivity index (χ1n) is 2.95. The molecule has 0 amide bonds. The van der Waals surface area contributed by atoms with Crippen molar-refractivity contribution in [2.45, 2.75) is 26.7 Å². The first-order chi connectivity index (χ1) is 3.83. The molecule has 8 heavy (non-hydrogen) atoms. The van der Waals surface area contributed by atoms with Crippen LogP contribution in [0.1, 0.15) is 26.7 Å². The highest BCUT2D eigenvalue weighted by atomic mass is 79.9. The van der Waals surface area contributed by atoms with Crippen molar-refractivity contribution in [2.24, 2.45) is 0 Å². The van der Waals surface area contributed by atoms with E-state index < -0.39 is 0 Å². The number of halogens is 2. The van der Waals surface area contributed by atoms with Crippen molar-refractivity contribution >= 4 is 27.5 Å². The second-order valence-corrected chi connectivity index (χ2v) is 2.64. The summed E-state index contributed by atoms with van der Waals surface area (Å²) in [6.45, 7) is 4.07. The highest BCUT2D eigenvalue weighted by Crippen LogP contribution is 1.89. The van der Waals surface area contributed by atoms with E-state index in [4.69, 9.17) is 11.6 Å². The summed E-state index contributed by atoms with van der Waals surface area (Å²) in [6.07, 6.45) is 2.60. The van der Waals surface area contributed by atoms with Crippen LogP contribution < -0.4 is 0 Å². The van der Waals surface area contributed by atoms with E-state index in [1.807, 2.05) is 6.92 Å². The summed E-state index contributed by atoms with van der Waals surface area (Å²) in [5, 5.41) is 1.16. The molecule has 0 aromatic heterocycles. The zero-order chi connectivity index (χ0) is 6.83. The number of hydrogen-bond donors (Lipinski definition) is 0. The quantitative estimate of drug-likeness (QED) is 0.601. The summed E-state index contributed by atoms with van der Waals surface area (Å²) < 4.78 is 0. The van der Waals surface area contributed by atoms with Gasteiger partial charge in [0.15, 0.2) is 0 Å². The van der Waals surface area contributed by atoms with Crippen LogP contribution in [0.3, 0.4) is 0 Å². The molecular formula is C6H14BrCl. The molecule has 0 N–H and O–H groups in total. The zero-order valence-corrected chi connectivity index (χ0v) is 7.93. The van der Waals surface area contributed by atoms with Crippen LogP contribution in [-0.4, -0.2) is 11.2 Å². The Morgan fingerprint density at radius 3 is 1.75 bits per heavy atom. The van der Waals surface area contributed by atoms with Crippen LogP contribution in [0.25, 0.3) is 0 Å². The molecule has 0 nitrogen and oxygen atoms in total. The van der Waals surface area contributed by atoms with Gasteiger partial charge in [-0.2, -0.15) is 0 Å². The third-order valence-corrected chi connectivity index (χ3v) is 1.05. The third kappa shape index (κ3) is 29.4. The average molecular weight is 202 g/mol. The fourth-order valence-corrected chi connectivity index (χ4v) is 0.694. The Labute approximate surface area is 65.7 Å². The summed E-state index contributed by atoms with van der Waals surface area (Å²) in [4.78, 5) is 0. The van der Waals surface area contributed by atoms with Gasteiger partial charge in [-0.3, -0.25) is 0 Å². The van der Waals surface area contributed by atoms with E-state index in [1.165, 1.54) is 12.8 Å². The summed E-state index contributed by atoms with van der Waals surface area (Å²) in [5.74, 6) is 0.722. The predicted molar refractivity (Wildman–Crippen MR) is 45.1 cm³/mol. The standard InChI is InChI=1S/C4H9Br.C2H5Cl/c1-2-3-4-5;1-2-3/h2-4H2,1H3;2H2,1H3. The van der Waals surface area contributed by atoms with Crippen molar-refractivity contribution in [3.05, 3.63) is 0 Å². The monoisotopic (exact) mass is 200 g/mol. The molecule has 52 valence electrons. The molecule has 0 aromatic rings. The fourth-order valence-electron chi connectivity index (χ4n) is 0.134. The zero-order valence-electron chi connectivity index (χ0n) is 5.58. The lowest BCUT2D eigenvalue weighted by molar-refractivity contribution is 0.902. The van der Waals surface area contributed by atoms with Crippen molar-refractivity contribution in [3.63, 3.8) is 0 Å². The summed E-state index contributed by atoms with van der Waals surface area (Å²) in [5.41, 5.74) is 0. The van der Waals surface area contributed by atoms with Crippen molar-refractivity contribution in [1.82, 2.24) is 0 Å². The number of rotatable bonds is 2. The van der Waals surface area contributed by atoms with Gasteiger partial charge in [-0.25, -0.2) is 0 Å². The Bertz CT molecular complexity index is 22.5. The van der Waals surface area contributed by atoms with Crippen LogP contribution in [0.5, 0.6) is 0 Å². The highest BCUT2D eigenvalue weighted by molar-refractivity contribution is 9.09. The summed E-state index contributed by atoms with van der Waals surface area (Å²) >= 11 is 8.31. The Morgan fingerprint density at radius 2 is 1.75 bits per heavy atom. The lowest BCUT2D eigenvalue weighted by Gasteiger charge is -1.77. The van der Waals surface area contributed by atoms with Crippen LogP contribution in [0, 0.1) is 0 Å². The second kappa shape index (κ2) is 15.7. The number of hydrogen-bond acceptors (Lipinski definition) is 0. The minimum Gasteiger partial charge on any atom is -0.127 e. The van der Waals surface area contributed by atoms with Crippen LogP contribution in [0.15, 0.2) is 0 Å². The van der Waals surface area contributed by atoms with Crippen LogP contribution >= 0.6 is 27.5 Å². The largest absolute Gasteiger partial charge is 0.127 e. The molecule has 0 heterocycles. The van der Waals surface area contributed by atoms with E-state index in [2.05, 4.69) is 22.9 Å². The van der Waals surface area contributed by atoms with Crippen LogP contribution in [0.2, 0.25) is 0 Å². The van der Waals surface area contributed by atoms with Crippen molar-refractivity contribution < 1.29 is 0 Å².